The Morgan fingerprint density at radius 3 is 2.54 bits per heavy atom. The maximum Gasteiger partial charge on any atom is 0.146 e. The standard InChI is InChI=1S/C30H31FN6/c1-30(2,3)25-17-26(37(35-25)22-13-9-12-21(31)16-22)34-28-27-23-14-7-8-15-24(23)36(29(27)33-19-32-28)18-20-10-5-4-6-11-20/h4-6,9-13,16-17,19H,7-8,14-15,18H2,1-3H3,(H,32,33,34). The highest BCUT2D eigenvalue weighted by molar-refractivity contribution is 5.94. The van der Waals surface area contributed by atoms with Crippen LogP contribution in [0.25, 0.3) is 16.7 Å². The lowest BCUT2D eigenvalue weighted by Gasteiger charge is -2.15. The van der Waals surface area contributed by atoms with Gasteiger partial charge in [-0.2, -0.15) is 5.10 Å². The summed E-state index contributed by atoms with van der Waals surface area (Å²) in [6.45, 7) is 7.15. The van der Waals surface area contributed by atoms with Gasteiger partial charge in [0.15, 0.2) is 0 Å². The van der Waals surface area contributed by atoms with E-state index in [4.69, 9.17) is 15.1 Å². The van der Waals surface area contributed by atoms with Crippen molar-refractivity contribution >= 4 is 22.7 Å². The molecule has 0 saturated carbocycles. The minimum atomic E-state index is -0.298. The second-order valence-electron chi connectivity index (χ2n) is 10.8. The van der Waals surface area contributed by atoms with Gasteiger partial charge in [-0.3, -0.25) is 0 Å². The number of hydrogen-bond donors (Lipinski definition) is 1. The molecular weight excluding hydrogens is 463 g/mol. The fourth-order valence-corrected chi connectivity index (χ4v) is 5.24. The van der Waals surface area contributed by atoms with E-state index in [0.717, 1.165) is 54.2 Å². The zero-order chi connectivity index (χ0) is 25.6. The number of aromatic nitrogens is 5. The van der Waals surface area contributed by atoms with Gasteiger partial charge in [-0.15, -0.1) is 0 Å². The molecule has 37 heavy (non-hydrogen) atoms. The van der Waals surface area contributed by atoms with Crippen LogP contribution in [0, 0.1) is 5.82 Å². The Hall–Kier alpha value is -4.00. The summed E-state index contributed by atoms with van der Waals surface area (Å²) in [4.78, 5) is 9.46. The summed E-state index contributed by atoms with van der Waals surface area (Å²) in [5.41, 5.74) is 6.27. The van der Waals surface area contributed by atoms with Crippen molar-refractivity contribution in [1.29, 1.82) is 0 Å². The molecule has 0 aliphatic heterocycles. The summed E-state index contributed by atoms with van der Waals surface area (Å²) in [6, 6.07) is 19.1. The summed E-state index contributed by atoms with van der Waals surface area (Å²) >= 11 is 0. The van der Waals surface area contributed by atoms with E-state index in [0.29, 0.717) is 5.69 Å². The molecule has 1 N–H and O–H groups in total. The Morgan fingerprint density at radius 1 is 0.946 bits per heavy atom. The Kier molecular flexibility index (Phi) is 5.78. The minimum Gasteiger partial charge on any atom is -0.325 e. The van der Waals surface area contributed by atoms with Crippen LogP contribution < -0.4 is 5.32 Å². The highest BCUT2D eigenvalue weighted by Crippen LogP contribution is 2.37. The van der Waals surface area contributed by atoms with Crippen LogP contribution in [0.4, 0.5) is 16.0 Å². The number of nitrogens with one attached hydrogen (secondary N) is 1. The monoisotopic (exact) mass is 494 g/mol. The van der Waals surface area contributed by atoms with Gasteiger partial charge in [-0.1, -0.05) is 57.2 Å². The number of benzene rings is 2. The van der Waals surface area contributed by atoms with Crippen molar-refractivity contribution in [2.45, 2.75) is 58.4 Å². The first-order valence-electron chi connectivity index (χ1n) is 12.9. The van der Waals surface area contributed by atoms with Crippen molar-refractivity contribution < 1.29 is 4.39 Å². The topological polar surface area (TPSA) is 60.6 Å². The fraction of sp³-hybridized carbons (Fsp3) is 0.300. The summed E-state index contributed by atoms with van der Waals surface area (Å²) in [5, 5.41) is 9.49. The Balaban J connectivity index is 1.49. The summed E-state index contributed by atoms with van der Waals surface area (Å²) in [6.07, 6.45) is 6.00. The van der Waals surface area contributed by atoms with Gasteiger partial charge in [0.25, 0.3) is 0 Å². The molecule has 0 bridgehead atoms. The molecule has 0 saturated heterocycles. The smallest absolute Gasteiger partial charge is 0.146 e. The lowest BCUT2D eigenvalue weighted by molar-refractivity contribution is 0.560. The van der Waals surface area contributed by atoms with E-state index in [1.165, 1.54) is 35.4 Å². The highest BCUT2D eigenvalue weighted by Gasteiger charge is 2.26. The SMILES string of the molecule is CC(C)(C)c1cc(Nc2ncnc3c2c2c(n3Cc3ccccc3)CCCC2)n(-c2cccc(F)c2)n1. The number of anilines is 2. The van der Waals surface area contributed by atoms with Crippen molar-refractivity contribution in [3.05, 3.63) is 95.3 Å². The Bertz CT molecular complexity index is 1580. The van der Waals surface area contributed by atoms with Crippen LogP contribution in [0.1, 0.15) is 56.1 Å². The van der Waals surface area contributed by atoms with E-state index in [1.807, 2.05) is 18.2 Å². The van der Waals surface area contributed by atoms with Crippen molar-refractivity contribution in [2.24, 2.45) is 0 Å². The van der Waals surface area contributed by atoms with Crippen molar-refractivity contribution in [2.75, 3.05) is 5.32 Å². The van der Waals surface area contributed by atoms with E-state index >= 15 is 0 Å². The number of nitrogens with zero attached hydrogens (tertiary/aromatic N) is 5. The second kappa shape index (κ2) is 9.14. The molecule has 0 fully saturated rings. The fourth-order valence-electron chi connectivity index (χ4n) is 5.24. The van der Waals surface area contributed by atoms with Gasteiger partial charge in [0.1, 0.15) is 29.4 Å². The lowest BCUT2D eigenvalue weighted by atomic mass is 9.92. The lowest BCUT2D eigenvalue weighted by Crippen LogP contribution is -2.12. The molecule has 6 nitrogen and oxygen atoms in total. The molecule has 188 valence electrons. The van der Waals surface area contributed by atoms with Crippen LogP contribution in [0.15, 0.2) is 67.0 Å². The van der Waals surface area contributed by atoms with E-state index in [1.54, 1.807) is 17.1 Å². The summed E-state index contributed by atoms with van der Waals surface area (Å²) in [7, 11) is 0. The molecular formula is C30H31FN6. The Labute approximate surface area is 216 Å². The van der Waals surface area contributed by atoms with E-state index in [-0.39, 0.29) is 11.2 Å². The molecule has 0 spiro atoms. The molecule has 1 aliphatic rings. The molecule has 6 rings (SSSR count). The molecule has 1 aliphatic carbocycles. The van der Waals surface area contributed by atoms with Gasteiger partial charge in [0, 0.05) is 23.7 Å². The average Bonchev–Trinajstić information content (AvgIpc) is 3.45. The van der Waals surface area contributed by atoms with Crippen LogP contribution in [-0.4, -0.2) is 24.3 Å². The zero-order valence-corrected chi connectivity index (χ0v) is 21.5. The van der Waals surface area contributed by atoms with E-state index in [9.17, 15) is 4.39 Å². The third-order valence-corrected chi connectivity index (χ3v) is 7.11. The van der Waals surface area contributed by atoms with Gasteiger partial charge < -0.3 is 9.88 Å². The number of rotatable bonds is 5. The third-order valence-electron chi connectivity index (χ3n) is 7.11. The predicted octanol–water partition coefficient (Wildman–Crippen LogP) is 6.72. The molecule has 5 aromatic rings. The van der Waals surface area contributed by atoms with Gasteiger partial charge >= 0.3 is 0 Å². The number of hydrogen-bond acceptors (Lipinski definition) is 4. The zero-order valence-electron chi connectivity index (χ0n) is 21.5. The maximum atomic E-state index is 14.1. The van der Waals surface area contributed by atoms with Crippen molar-refractivity contribution in [3.63, 3.8) is 0 Å². The summed E-state index contributed by atoms with van der Waals surface area (Å²) in [5.74, 6) is 1.21. The normalized spacial score (nSPS) is 13.6. The predicted molar refractivity (Wildman–Crippen MR) is 145 cm³/mol. The Morgan fingerprint density at radius 2 is 1.76 bits per heavy atom. The van der Waals surface area contributed by atoms with Crippen molar-refractivity contribution in [3.8, 4) is 5.69 Å². The van der Waals surface area contributed by atoms with Gasteiger partial charge in [-0.05, 0) is 55.0 Å². The van der Waals surface area contributed by atoms with Crippen LogP contribution >= 0.6 is 0 Å². The van der Waals surface area contributed by atoms with Gasteiger partial charge in [0.2, 0.25) is 0 Å². The molecule has 3 heterocycles. The number of aryl methyl sites for hydroxylation is 1. The third kappa shape index (κ3) is 4.39. The molecule has 0 amide bonds. The molecule has 2 aromatic carbocycles. The van der Waals surface area contributed by atoms with E-state index < -0.39 is 0 Å². The van der Waals surface area contributed by atoms with Crippen LogP contribution in [0.3, 0.4) is 0 Å². The number of fused-ring (bicyclic) bond motifs is 3. The molecule has 0 atom stereocenters. The summed E-state index contributed by atoms with van der Waals surface area (Å²) < 4.78 is 18.3. The minimum absolute atomic E-state index is 0.172. The maximum absolute atomic E-state index is 14.1. The van der Waals surface area contributed by atoms with E-state index in [2.05, 4.69) is 54.9 Å². The molecule has 7 heteroatoms. The molecule has 0 radical (unpaired) electrons. The first-order chi connectivity index (χ1) is 17.9. The van der Waals surface area contributed by atoms with Crippen LogP contribution in [-0.2, 0) is 24.8 Å². The number of halogens is 1. The first kappa shape index (κ1) is 23.4. The van der Waals surface area contributed by atoms with Crippen molar-refractivity contribution in [1.82, 2.24) is 24.3 Å². The second-order valence-corrected chi connectivity index (χ2v) is 10.8. The highest BCUT2D eigenvalue weighted by atomic mass is 19.1. The molecule has 3 aromatic heterocycles. The average molecular weight is 495 g/mol. The van der Waals surface area contributed by atoms with Crippen LogP contribution in [0.5, 0.6) is 0 Å². The largest absolute Gasteiger partial charge is 0.325 e. The van der Waals surface area contributed by atoms with Gasteiger partial charge in [0.05, 0.1) is 16.8 Å². The first-order valence-corrected chi connectivity index (χ1v) is 12.9. The van der Waals surface area contributed by atoms with Crippen LogP contribution in [0.2, 0.25) is 0 Å². The van der Waals surface area contributed by atoms with Gasteiger partial charge in [-0.25, -0.2) is 19.0 Å². The quantitative estimate of drug-likeness (QED) is 0.294. The molecule has 0 unspecified atom stereocenters.